The summed E-state index contributed by atoms with van der Waals surface area (Å²) in [5, 5.41) is 14.9. The lowest BCUT2D eigenvalue weighted by atomic mass is 10.2. The van der Waals surface area contributed by atoms with E-state index >= 15 is 0 Å². The number of aryl methyl sites for hydroxylation is 1. The summed E-state index contributed by atoms with van der Waals surface area (Å²) in [7, 11) is 0. The maximum absolute atomic E-state index is 12.5. The van der Waals surface area contributed by atoms with Crippen molar-refractivity contribution in [2.24, 2.45) is 0 Å². The van der Waals surface area contributed by atoms with Crippen LogP contribution < -0.4 is 0 Å². The highest BCUT2D eigenvalue weighted by Gasteiger charge is 2.19. The number of H-pyrrole nitrogens is 1. The lowest BCUT2D eigenvalue weighted by Crippen LogP contribution is -2.10. The Morgan fingerprint density at radius 1 is 1.25 bits per heavy atom. The third-order valence-corrected chi connectivity index (χ3v) is 4.90. The van der Waals surface area contributed by atoms with Gasteiger partial charge in [-0.1, -0.05) is 34.1 Å². The molecule has 0 aliphatic carbocycles. The number of benzene rings is 2. The highest BCUT2D eigenvalue weighted by atomic mass is 79.9. The van der Waals surface area contributed by atoms with Crippen molar-refractivity contribution in [1.29, 1.82) is 5.26 Å². The fourth-order valence-electron chi connectivity index (χ4n) is 3.06. The molecule has 0 radical (unpaired) electrons. The maximum Gasteiger partial charge on any atom is 0.355 e. The summed E-state index contributed by atoms with van der Waals surface area (Å²) in [5.41, 5.74) is 3.55. The normalized spacial score (nSPS) is 10.8. The van der Waals surface area contributed by atoms with E-state index in [0.717, 1.165) is 21.1 Å². The number of nitriles is 1. The molecule has 2 aromatic heterocycles. The molecule has 0 fully saturated rings. The van der Waals surface area contributed by atoms with Crippen molar-refractivity contribution >= 4 is 32.8 Å². The van der Waals surface area contributed by atoms with Gasteiger partial charge in [-0.3, -0.25) is 0 Å². The molecule has 2 heterocycles. The number of para-hydroxylation sites is 1. The van der Waals surface area contributed by atoms with Gasteiger partial charge in [-0.25, -0.2) is 9.48 Å². The second kappa shape index (κ2) is 7.33. The molecular formula is C21H15BrN4O2. The van der Waals surface area contributed by atoms with Gasteiger partial charge >= 0.3 is 5.97 Å². The number of esters is 1. The van der Waals surface area contributed by atoms with E-state index in [1.165, 1.54) is 0 Å². The average molecular weight is 435 g/mol. The summed E-state index contributed by atoms with van der Waals surface area (Å²) in [4.78, 5) is 15.6. The number of halogens is 1. The van der Waals surface area contributed by atoms with Crippen LogP contribution in [0.3, 0.4) is 0 Å². The quantitative estimate of drug-likeness (QED) is 0.473. The highest BCUT2D eigenvalue weighted by Crippen LogP contribution is 2.22. The fraction of sp³-hybridized carbons (Fsp3) is 0.0952. The number of carbonyl (C=O) groups is 1. The van der Waals surface area contributed by atoms with Crippen LogP contribution in [0, 0.1) is 18.3 Å². The number of rotatable bonds is 4. The number of aromatic nitrogens is 3. The molecule has 28 heavy (non-hydrogen) atoms. The van der Waals surface area contributed by atoms with Crippen molar-refractivity contribution in [3.05, 3.63) is 81.7 Å². The van der Waals surface area contributed by atoms with Gasteiger partial charge in [0, 0.05) is 15.4 Å². The van der Waals surface area contributed by atoms with Crippen LogP contribution in [0.1, 0.15) is 27.4 Å². The number of aromatic amines is 1. The minimum atomic E-state index is -0.491. The smallest absolute Gasteiger partial charge is 0.355 e. The van der Waals surface area contributed by atoms with Crippen LogP contribution >= 0.6 is 15.9 Å². The maximum atomic E-state index is 12.5. The van der Waals surface area contributed by atoms with Crippen LogP contribution in [0.4, 0.5) is 0 Å². The third-order valence-electron chi connectivity index (χ3n) is 4.41. The Hall–Kier alpha value is -3.37. The third kappa shape index (κ3) is 3.30. The number of nitrogens with zero attached hydrogens (tertiary/aromatic N) is 3. The number of nitrogens with one attached hydrogen (secondary N) is 1. The molecule has 6 nitrogen and oxygen atoms in total. The van der Waals surface area contributed by atoms with Gasteiger partial charge in [0.25, 0.3) is 0 Å². The van der Waals surface area contributed by atoms with E-state index in [4.69, 9.17) is 4.74 Å². The van der Waals surface area contributed by atoms with Gasteiger partial charge in [0.1, 0.15) is 23.9 Å². The molecule has 0 bridgehead atoms. The molecule has 0 aliphatic rings. The zero-order valence-corrected chi connectivity index (χ0v) is 16.5. The van der Waals surface area contributed by atoms with Crippen molar-refractivity contribution in [1.82, 2.24) is 14.8 Å². The minimum absolute atomic E-state index is 0.0590. The fourth-order valence-corrected chi connectivity index (χ4v) is 3.44. The van der Waals surface area contributed by atoms with Crippen molar-refractivity contribution in [3.8, 4) is 11.8 Å². The van der Waals surface area contributed by atoms with Gasteiger partial charge < -0.3 is 9.72 Å². The number of hydrogen-bond acceptors (Lipinski definition) is 4. The summed E-state index contributed by atoms with van der Waals surface area (Å²) in [6, 6.07) is 19.0. The zero-order chi connectivity index (χ0) is 19.7. The zero-order valence-electron chi connectivity index (χ0n) is 14.9. The molecule has 0 unspecified atom stereocenters. The largest absolute Gasteiger partial charge is 0.454 e. The number of ether oxygens (including phenoxy) is 1. The van der Waals surface area contributed by atoms with Crippen LogP contribution in [0.15, 0.2) is 59.1 Å². The van der Waals surface area contributed by atoms with Crippen LogP contribution in [-0.2, 0) is 11.3 Å². The van der Waals surface area contributed by atoms with E-state index in [9.17, 15) is 10.1 Å². The van der Waals surface area contributed by atoms with Crippen LogP contribution in [0.2, 0.25) is 0 Å². The Bertz CT molecular complexity index is 1220. The van der Waals surface area contributed by atoms with E-state index in [1.807, 2.05) is 48.5 Å². The molecule has 2 aromatic carbocycles. The Kier molecular flexibility index (Phi) is 4.72. The molecule has 4 rings (SSSR count). The lowest BCUT2D eigenvalue weighted by Gasteiger charge is -2.08. The van der Waals surface area contributed by atoms with Crippen LogP contribution in [0.25, 0.3) is 16.6 Å². The number of fused-ring (bicyclic) bond motifs is 1. The predicted molar refractivity (Wildman–Crippen MR) is 108 cm³/mol. The molecule has 0 spiro atoms. The Balaban J connectivity index is 1.62. The summed E-state index contributed by atoms with van der Waals surface area (Å²) < 4.78 is 8.07. The SMILES string of the molecule is Cc1nn(-c2ccccc2)c(COC(=O)c2cc3cc(Br)ccc3[nH]2)c1C#N. The van der Waals surface area contributed by atoms with Crippen molar-refractivity contribution in [2.75, 3.05) is 0 Å². The predicted octanol–water partition coefficient (Wildman–Crippen LogP) is 4.65. The second-order valence-corrected chi connectivity index (χ2v) is 7.17. The first-order valence-corrected chi connectivity index (χ1v) is 9.35. The Labute approximate surface area is 169 Å². The monoisotopic (exact) mass is 434 g/mol. The molecule has 0 saturated carbocycles. The second-order valence-electron chi connectivity index (χ2n) is 6.26. The van der Waals surface area contributed by atoms with Gasteiger partial charge in [0.15, 0.2) is 0 Å². The van der Waals surface area contributed by atoms with Gasteiger partial charge in [0.05, 0.1) is 17.1 Å². The van der Waals surface area contributed by atoms with E-state index in [1.54, 1.807) is 17.7 Å². The first-order valence-electron chi connectivity index (χ1n) is 8.56. The summed E-state index contributed by atoms with van der Waals surface area (Å²) >= 11 is 3.42. The summed E-state index contributed by atoms with van der Waals surface area (Å²) in [6.07, 6.45) is 0. The molecule has 0 aliphatic heterocycles. The molecule has 0 atom stereocenters. The first kappa shape index (κ1) is 18.0. The molecule has 138 valence electrons. The van der Waals surface area contributed by atoms with Crippen LogP contribution in [0.5, 0.6) is 0 Å². The van der Waals surface area contributed by atoms with E-state index in [-0.39, 0.29) is 6.61 Å². The lowest BCUT2D eigenvalue weighted by molar-refractivity contribution is 0.0459. The summed E-state index contributed by atoms with van der Waals surface area (Å²) in [5.74, 6) is -0.491. The van der Waals surface area contributed by atoms with Gasteiger partial charge in [0.2, 0.25) is 0 Å². The molecular weight excluding hydrogens is 420 g/mol. The molecule has 1 N–H and O–H groups in total. The van der Waals surface area contributed by atoms with Crippen molar-refractivity contribution < 1.29 is 9.53 Å². The Morgan fingerprint density at radius 3 is 2.79 bits per heavy atom. The van der Waals surface area contributed by atoms with Gasteiger partial charge in [-0.15, -0.1) is 0 Å². The number of hydrogen-bond donors (Lipinski definition) is 1. The molecule has 0 amide bonds. The highest BCUT2D eigenvalue weighted by molar-refractivity contribution is 9.10. The average Bonchev–Trinajstić information content (AvgIpc) is 3.26. The van der Waals surface area contributed by atoms with Gasteiger partial charge in [-0.05, 0) is 43.3 Å². The number of carbonyl (C=O) groups excluding carboxylic acids is 1. The topological polar surface area (TPSA) is 83.7 Å². The molecule has 4 aromatic rings. The molecule has 7 heteroatoms. The first-order chi connectivity index (χ1) is 13.6. The van der Waals surface area contributed by atoms with Crippen molar-refractivity contribution in [2.45, 2.75) is 13.5 Å². The minimum Gasteiger partial charge on any atom is -0.454 e. The van der Waals surface area contributed by atoms with Crippen LogP contribution in [-0.4, -0.2) is 20.7 Å². The van der Waals surface area contributed by atoms with Crippen molar-refractivity contribution in [3.63, 3.8) is 0 Å². The Morgan fingerprint density at radius 2 is 2.04 bits per heavy atom. The standard InChI is InChI=1S/C21H15BrN4O2/c1-13-17(11-23)20(26(25-13)16-5-3-2-4-6-16)12-28-21(27)19-10-14-9-15(22)7-8-18(14)24-19/h2-10,24H,12H2,1H3. The van der Waals surface area contributed by atoms with E-state index in [2.05, 4.69) is 32.1 Å². The van der Waals surface area contributed by atoms with E-state index in [0.29, 0.717) is 22.6 Å². The van der Waals surface area contributed by atoms with E-state index < -0.39 is 5.97 Å². The summed E-state index contributed by atoms with van der Waals surface area (Å²) in [6.45, 7) is 1.70. The van der Waals surface area contributed by atoms with Gasteiger partial charge in [-0.2, -0.15) is 10.4 Å². The molecule has 0 saturated heterocycles.